The Bertz CT molecular complexity index is 2190. The molecular formula is C40H28O. The summed E-state index contributed by atoms with van der Waals surface area (Å²) >= 11 is 0. The van der Waals surface area contributed by atoms with Gasteiger partial charge in [-0.25, -0.2) is 0 Å². The molecule has 1 nitrogen and oxygen atoms in total. The molecule has 1 aromatic heterocycles. The summed E-state index contributed by atoms with van der Waals surface area (Å²) in [4.78, 5) is 0. The second-order valence-electron chi connectivity index (χ2n) is 11.4. The van der Waals surface area contributed by atoms with Crippen molar-refractivity contribution in [3.05, 3.63) is 132 Å². The van der Waals surface area contributed by atoms with Gasteiger partial charge in [-0.15, -0.1) is 0 Å². The Morgan fingerprint density at radius 1 is 0.488 bits per heavy atom. The molecule has 41 heavy (non-hydrogen) atoms. The van der Waals surface area contributed by atoms with Gasteiger partial charge in [-0.1, -0.05) is 115 Å². The van der Waals surface area contributed by atoms with Gasteiger partial charge in [0.1, 0.15) is 11.3 Å². The van der Waals surface area contributed by atoms with E-state index in [1.165, 1.54) is 76.6 Å². The Hall–Kier alpha value is -4.88. The lowest BCUT2D eigenvalue weighted by Crippen LogP contribution is -1.99. The topological polar surface area (TPSA) is 13.1 Å². The van der Waals surface area contributed by atoms with Crippen LogP contribution < -0.4 is 0 Å². The predicted molar refractivity (Wildman–Crippen MR) is 174 cm³/mol. The van der Waals surface area contributed by atoms with Crippen LogP contribution in [0.4, 0.5) is 0 Å². The summed E-state index contributed by atoms with van der Waals surface area (Å²) in [6.07, 6.45) is 13.3. The summed E-state index contributed by atoms with van der Waals surface area (Å²) in [6.45, 7) is 0. The van der Waals surface area contributed by atoms with Gasteiger partial charge in [0.15, 0.2) is 0 Å². The summed E-state index contributed by atoms with van der Waals surface area (Å²) in [5.41, 5.74) is 10.2. The summed E-state index contributed by atoms with van der Waals surface area (Å²) in [6, 6.07) is 35.9. The van der Waals surface area contributed by atoms with E-state index in [-0.39, 0.29) is 0 Å². The number of rotatable bonds is 2. The summed E-state index contributed by atoms with van der Waals surface area (Å²) < 4.78 is 6.59. The van der Waals surface area contributed by atoms with Gasteiger partial charge in [-0.2, -0.15) is 0 Å². The first-order valence-electron chi connectivity index (χ1n) is 14.7. The normalized spacial score (nSPS) is 14.2. The van der Waals surface area contributed by atoms with Crippen molar-refractivity contribution in [2.45, 2.75) is 25.7 Å². The molecule has 0 amide bonds. The molecule has 1 heteroatoms. The summed E-state index contributed by atoms with van der Waals surface area (Å²) in [7, 11) is 0. The van der Waals surface area contributed by atoms with E-state index in [2.05, 4.69) is 121 Å². The van der Waals surface area contributed by atoms with Crippen molar-refractivity contribution >= 4 is 55.4 Å². The fraction of sp³-hybridized carbons (Fsp3) is 0.100. The van der Waals surface area contributed by atoms with E-state index in [0.717, 1.165) is 37.0 Å². The van der Waals surface area contributed by atoms with Gasteiger partial charge in [0, 0.05) is 22.9 Å². The Kier molecular flexibility index (Phi) is 4.92. The van der Waals surface area contributed by atoms with Crippen molar-refractivity contribution in [3.8, 4) is 22.3 Å². The van der Waals surface area contributed by atoms with Crippen molar-refractivity contribution in [1.29, 1.82) is 0 Å². The Labute approximate surface area is 239 Å². The van der Waals surface area contributed by atoms with Crippen LogP contribution in [0.15, 0.2) is 114 Å². The molecule has 2 aliphatic rings. The van der Waals surface area contributed by atoms with Gasteiger partial charge in [0.25, 0.3) is 0 Å². The van der Waals surface area contributed by atoms with Crippen molar-refractivity contribution in [2.24, 2.45) is 0 Å². The number of aryl methyl sites for hydroxylation is 2. The first-order valence-corrected chi connectivity index (χ1v) is 14.7. The van der Waals surface area contributed by atoms with Crippen molar-refractivity contribution < 1.29 is 4.42 Å². The quantitative estimate of drug-likeness (QED) is 0.205. The number of fused-ring (bicyclic) bond motifs is 8. The lowest BCUT2D eigenvalue weighted by atomic mass is 9.81. The van der Waals surface area contributed by atoms with Crippen molar-refractivity contribution in [3.63, 3.8) is 0 Å². The van der Waals surface area contributed by atoms with Crippen LogP contribution in [0.1, 0.15) is 35.3 Å². The van der Waals surface area contributed by atoms with Crippen LogP contribution in [0, 0.1) is 0 Å². The van der Waals surface area contributed by atoms with E-state index >= 15 is 0 Å². The zero-order valence-electron chi connectivity index (χ0n) is 22.8. The van der Waals surface area contributed by atoms with Crippen LogP contribution in [0.3, 0.4) is 0 Å². The molecule has 0 atom stereocenters. The van der Waals surface area contributed by atoms with Crippen molar-refractivity contribution in [1.82, 2.24) is 0 Å². The average molecular weight is 525 g/mol. The Morgan fingerprint density at radius 3 is 1.80 bits per heavy atom. The first kappa shape index (κ1) is 22.9. The molecule has 2 aliphatic carbocycles. The molecule has 6 aromatic carbocycles. The van der Waals surface area contributed by atoms with E-state index in [0.29, 0.717) is 0 Å². The third kappa shape index (κ3) is 3.30. The van der Waals surface area contributed by atoms with Crippen LogP contribution in [0.2, 0.25) is 0 Å². The van der Waals surface area contributed by atoms with Gasteiger partial charge in [0.05, 0.1) is 0 Å². The first-order chi connectivity index (χ1) is 20.4. The zero-order valence-corrected chi connectivity index (χ0v) is 22.8. The monoisotopic (exact) mass is 524 g/mol. The van der Waals surface area contributed by atoms with Crippen LogP contribution in [0.25, 0.3) is 77.7 Å². The number of hydrogen-bond donors (Lipinski definition) is 0. The molecule has 194 valence electrons. The van der Waals surface area contributed by atoms with E-state index in [9.17, 15) is 0 Å². The molecule has 0 saturated carbocycles. The van der Waals surface area contributed by atoms with Gasteiger partial charge >= 0.3 is 0 Å². The van der Waals surface area contributed by atoms with Crippen LogP contribution in [0.5, 0.6) is 0 Å². The van der Waals surface area contributed by atoms with Gasteiger partial charge in [0.2, 0.25) is 0 Å². The highest BCUT2D eigenvalue weighted by molar-refractivity contribution is 6.24. The summed E-state index contributed by atoms with van der Waals surface area (Å²) in [5, 5.41) is 8.98. The molecule has 0 saturated heterocycles. The van der Waals surface area contributed by atoms with E-state index in [1.807, 2.05) is 0 Å². The van der Waals surface area contributed by atoms with Crippen LogP contribution >= 0.6 is 0 Å². The van der Waals surface area contributed by atoms with Crippen LogP contribution in [-0.4, -0.2) is 0 Å². The van der Waals surface area contributed by atoms with Gasteiger partial charge in [-0.05, 0) is 85.5 Å². The van der Waals surface area contributed by atoms with E-state index in [4.69, 9.17) is 4.42 Å². The smallest absolute Gasteiger partial charge is 0.138 e. The number of allylic oxidation sites excluding steroid dienone is 2. The fourth-order valence-electron chi connectivity index (χ4n) is 7.39. The molecule has 0 unspecified atom stereocenters. The molecule has 0 bridgehead atoms. The molecule has 1 heterocycles. The fourth-order valence-corrected chi connectivity index (χ4v) is 7.39. The molecule has 0 aliphatic heterocycles. The highest BCUT2D eigenvalue weighted by atomic mass is 16.3. The lowest BCUT2D eigenvalue weighted by Gasteiger charge is -2.22. The molecule has 9 rings (SSSR count). The maximum atomic E-state index is 6.59. The van der Waals surface area contributed by atoms with Gasteiger partial charge in [-0.3, -0.25) is 0 Å². The lowest BCUT2D eigenvalue weighted by molar-refractivity contribution is 0.543. The zero-order chi connectivity index (χ0) is 26.9. The number of furan rings is 1. The molecule has 0 N–H and O–H groups in total. The second-order valence-corrected chi connectivity index (χ2v) is 11.4. The highest BCUT2D eigenvalue weighted by Gasteiger charge is 2.25. The molecular weight excluding hydrogens is 496 g/mol. The molecule has 7 aromatic rings. The average Bonchev–Trinajstić information content (AvgIpc) is 3.42. The SMILES string of the molecule is C1=Cc2c(oc3c4c(c(-c5c6ccccc6c(-c6cccc7ccccc67)c6ccccc56)cc23)C=CCC4)CC1. The van der Waals surface area contributed by atoms with Crippen molar-refractivity contribution in [2.75, 3.05) is 0 Å². The van der Waals surface area contributed by atoms with Gasteiger partial charge < -0.3 is 4.42 Å². The predicted octanol–water partition coefficient (Wildman–Crippen LogP) is 11.1. The minimum Gasteiger partial charge on any atom is -0.460 e. The van der Waals surface area contributed by atoms with E-state index < -0.39 is 0 Å². The molecule has 0 spiro atoms. The second kappa shape index (κ2) is 8.81. The highest BCUT2D eigenvalue weighted by Crippen LogP contribution is 2.48. The standard InChI is InChI=1S/C40H28O/c1-2-14-26-25(12-1)13-11-22-29(26)38-30-17-4-6-19-32(30)39(33-20-7-5-18-31(33)38)35-24-36-28-16-9-10-23-37(28)41-40(36)34-21-8-3-15-27(34)35/h1-7,9,11-20,22,24H,8,10,21,23H2. The number of benzene rings is 6. The minimum absolute atomic E-state index is 0.978. The third-order valence-electron chi connectivity index (χ3n) is 9.17. The summed E-state index contributed by atoms with van der Waals surface area (Å²) in [5.74, 6) is 1.14. The molecule has 0 radical (unpaired) electrons. The minimum atomic E-state index is 0.978. The molecule has 0 fully saturated rings. The maximum absolute atomic E-state index is 6.59. The Morgan fingerprint density at radius 2 is 1.07 bits per heavy atom. The third-order valence-corrected chi connectivity index (χ3v) is 9.17. The number of hydrogen-bond acceptors (Lipinski definition) is 1. The Balaban J connectivity index is 1.46. The van der Waals surface area contributed by atoms with Crippen LogP contribution in [-0.2, 0) is 12.8 Å². The largest absolute Gasteiger partial charge is 0.460 e. The maximum Gasteiger partial charge on any atom is 0.138 e. The van der Waals surface area contributed by atoms with E-state index in [1.54, 1.807) is 0 Å².